The van der Waals surface area contributed by atoms with Crippen LogP contribution in [0.1, 0.15) is 108 Å². The Bertz CT molecular complexity index is 1750. The van der Waals surface area contributed by atoms with Gasteiger partial charge < -0.3 is 25.0 Å². The summed E-state index contributed by atoms with van der Waals surface area (Å²) in [6.07, 6.45) is 11.0. The number of hydrogen-bond donors (Lipinski definition) is 4. The highest BCUT2D eigenvalue weighted by Crippen LogP contribution is 2.75. The van der Waals surface area contributed by atoms with E-state index < -0.39 is 11.4 Å². The molecule has 6 nitrogen and oxygen atoms in total. The largest absolute Gasteiger partial charge is 0.504 e. The van der Waals surface area contributed by atoms with Crippen molar-refractivity contribution in [2.75, 3.05) is 7.11 Å². The molecule has 4 aliphatic rings. The third kappa shape index (κ3) is 3.51. The van der Waals surface area contributed by atoms with Crippen LogP contribution in [0.25, 0.3) is 10.9 Å². The van der Waals surface area contributed by atoms with Gasteiger partial charge in [0.15, 0.2) is 11.5 Å². The molecule has 4 N–H and O–H groups in total. The summed E-state index contributed by atoms with van der Waals surface area (Å²) in [4.78, 5) is 16.0. The fourth-order valence-electron chi connectivity index (χ4n) is 10.8. The number of rotatable bonds is 3. The Morgan fingerprint density at radius 2 is 1.73 bits per heavy atom. The molecule has 7 atom stereocenters. The fraction of sp³-hybridized carbons (Fsp3) is 0.553. The van der Waals surface area contributed by atoms with Crippen LogP contribution < -0.4 is 4.74 Å². The number of phenolic OH excluding ortho intramolecular Hbond substituents is 2. The van der Waals surface area contributed by atoms with Crippen molar-refractivity contribution in [3.05, 3.63) is 64.4 Å². The number of carboxylic acid groups (broad SMARTS) is 1. The van der Waals surface area contributed by atoms with Crippen molar-refractivity contribution in [3.8, 4) is 17.2 Å². The molecule has 0 aliphatic heterocycles. The maximum Gasteiger partial charge on any atom is 0.309 e. The van der Waals surface area contributed by atoms with Crippen molar-refractivity contribution < 1.29 is 24.9 Å². The number of aromatic amines is 1. The average molecular weight is 598 g/mol. The summed E-state index contributed by atoms with van der Waals surface area (Å²) < 4.78 is 5.69. The van der Waals surface area contributed by atoms with E-state index >= 15 is 0 Å². The smallest absolute Gasteiger partial charge is 0.309 e. The molecule has 0 bridgehead atoms. The molecule has 0 amide bonds. The number of H-pyrrole nitrogens is 1. The highest BCUT2D eigenvalue weighted by Gasteiger charge is 2.67. The number of aromatic hydroxyl groups is 2. The number of aliphatic carboxylic acids is 1. The van der Waals surface area contributed by atoms with E-state index in [9.17, 15) is 20.1 Å². The highest BCUT2D eigenvalue weighted by atomic mass is 16.5. The SMILES string of the molecule is COc1cccc2c(C3C=C4[C@@](C)(CC[C@@]5(C)[C@@H]6C[C@](C)(C(=O)O)CC[C@]6(C)CC[C@]45C)c4cc(O)c(O)c(C)c43)c[nH]c12. The van der Waals surface area contributed by atoms with Gasteiger partial charge in [0.1, 0.15) is 5.75 Å². The van der Waals surface area contributed by atoms with Crippen molar-refractivity contribution in [2.45, 2.75) is 97.8 Å². The van der Waals surface area contributed by atoms with Crippen molar-refractivity contribution in [1.29, 1.82) is 0 Å². The minimum Gasteiger partial charge on any atom is -0.504 e. The monoisotopic (exact) mass is 597 g/mol. The maximum absolute atomic E-state index is 12.6. The van der Waals surface area contributed by atoms with E-state index in [1.165, 1.54) is 5.57 Å². The van der Waals surface area contributed by atoms with E-state index in [1.54, 1.807) is 7.11 Å². The standard InChI is InChI=1S/C38H47NO5/c1-21-30-23(24-20-39-31-22(24)9-8-10-27(31)44-7)17-28-36(4,25(30)18-26(40)32(21)41)14-16-38(6)29-19-35(3,33(42)43)12-11-34(29,2)13-15-37(28,38)5/h8-10,17-18,20,23,29,39-41H,11-16,19H2,1-7H3,(H,42,43)/t23?,29-,34-,35-,36+,37-,38+/m1/s1. The van der Waals surface area contributed by atoms with Crippen LogP contribution >= 0.6 is 0 Å². The molecule has 3 fully saturated rings. The van der Waals surface area contributed by atoms with Crippen LogP contribution in [-0.4, -0.2) is 33.4 Å². The molecule has 2 aromatic carbocycles. The molecule has 234 valence electrons. The van der Waals surface area contributed by atoms with Crippen LogP contribution in [0.15, 0.2) is 42.1 Å². The maximum atomic E-state index is 12.6. The number of allylic oxidation sites excluding steroid dienone is 2. The fourth-order valence-corrected chi connectivity index (χ4v) is 10.8. The number of benzene rings is 2. The van der Waals surface area contributed by atoms with Crippen LogP contribution in [0.5, 0.6) is 17.2 Å². The van der Waals surface area contributed by atoms with Crippen LogP contribution in [0.3, 0.4) is 0 Å². The third-order valence-electron chi connectivity index (χ3n) is 13.9. The van der Waals surface area contributed by atoms with Gasteiger partial charge in [0.05, 0.1) is 18.0 Å². The lowest BCUT2D eigenvalue weighted by atomic mass is 9.34. The zero-order valence-corrected chi connectivity index (χ0v) is 27.2. The lowest BCUT2D eigenvalue weighted by Crippen LogP contribution is -2.62. The molecule has 3 saturated carbocycles. The molecule has 3 aromatic rings. The topological polar surface area (TPSA) is 103 Å². The number of fused-ring (bicyclic) bond motifs is 8. The van der Waals surface area contributed by atoms with E-state index in [0.29, 0.717) is 12.3 Å². The van der Waals surface area contributed by atoms with Gasteiger partial charge in [-0.05, 0) is 115 Å². The Morgan fingerprint density at radius 1 is 1.00 bits per heavy atom. The molecule has 4 aliphatic carbocycles. The zero-order chi connectivity index (χ0) is 31.6. The van der Waals surface area contributed by atoms with Gasteiger partial charge in [-0.15, -0.1) is 0 Å². The van der Waals surface area contributed by atoms with E-state index in [0.717, 1.165) is 77.4 Å². The first-order chi connectivity index (χ1) is 20.6. The summed E-state index contributed by atoms with van der Waals surface area (Å²) in [5, 5.41) is 33.5. The first-order valence-corrected chi connectivity index (χ1v) is 16.3. The summed E-state index contributed by atoms with van der Waals surface area (Å²) >= 11 is 0. The van der Waals surface area contributed by atoms with Gasteiger partial charge in [-0.2, -0.15) is 0 Å². The van der Waals surface area contributed by atoms with Gasteiger partial charge in [0, 0.05) is 22.9 Å². The number of hydrogen-bond acceptors (Lipinski definition) is 4. The van der Waals surface area contributed by atoms with E-state index in [4.69, 9.17) is 4.74 Å². The predicted octanol–water partition coefficient (Wildman–Crippen LogP) is 8.72. The minimum absolute atomic E-state index is 0.0536. The van der Waals surface area contributed by atoms with Crippen LogP contribution in [0.2, 0.25) is 0 Å². The number of aromatic nitrogens is 1. The second-order valence-corrected chi connectivity index (χ2v) is 15.9. The summed E-state index contributed by atoms with van der Waals surface area (Å²) in [5.41, 5.74) is 5.21. The first-order valence-electron chi connectivity index (χ1n) is 16.3. The van der Waals surface area contributed by atoms with Gasteiger partial charge in [0.25, 0.3) is 0 Å². The summed E-state index contributed by atoms with van der Waals surface area (Å²) in [6, 6.07) is 7.93. The van der Waals surface area contributed by atoms with Crippen molar-refractivity contribution in [1.82, 2.24) is 4.98 Å². The van der Waals surface area contributed by atoms with Gasteiger partial charge in [0.2, 0.25) is 0 Å². The van der Waals surface area contributed by atoms with Crippen molar-refractivity contribution >= 4 is 16.9 Å². The molecule has 44 heavy (non-hydrogen) atoms. The molecule has 1 unspecified atom stereocenters. The van der Waals surface area contributed by atoms with Crippen molar-refractivity contribution in [3.63, 3.8) is 0 Å². The summed E-state index contributed by atoms with van der Waals surface area (Å²) in [5.74, 6) is 0.159. The average Bonchev–Trinajstić information content (AvgIpc) is 3.43. The van der Waals surface area contributed by atoms with Gasteiger partial charge in [-0.25, -0.2) is 0 Å². The summed E-state index contributed by atoms with van der Waals surface area (Å²) in [7, 11) is 1.69. The molecule has 0 spiro atoms. The molecule has 6 heteroatoms. The lowest BCUT2D eigenvalue weighted by Gasteiger charge is -2.70. The van der Waals surface area contributed by atoms with E-state index in [-0.39, 0.29) is 39.1 Å². The molecule has 0 radical (unpaired) electrons. The first kappa shape index (κ1) is 29.3. The number of para-hydroxylation sites is 1. The number of carboxylic acids is 1. The third-order valence-corrected chi connectivity index (χ3v) is 13.9. The Kier molecular flexibility index (Phi) is 6.05. The normalized spacial score (nSPS) is 37.8. The number of methoxy groups -OCH3 is 1. The van der Waals surface area contributed by atoms with Crippen LogP contribution in [0, 0.1) is 34.5 Å². The quantitative estimate of drug-likeness (QED) is 0.179. The van der Waals surface area contributed by atoms with Crippen LogP contribution in [-0.2, 0) is 10.2 Å². The second kappa shape index (κ2) is 9.08. The Hall–Kier alpha value is -3.41. The predicted molar refractivity (Wildman–Crippen MR) is 173 cm³/mol. The molecule has 1 heterocycles. The molecule has 0 saturated heterocycles. The van der Waals surface area contributed by atoms with Crippen LogP contribution in [0.4, 0.5) is 0 Å². The highest BCUT2D eigenvalue weighted by molar-refractivity contribution is 5.90. The Morgan fingerprint density at radius 3 is 2.43 bits per heavy atom. The molecule has 1 aromatic heterocycles. The van der Waals surface area contributed by atoms with Crippen molar-refractivity contribution in [2.24, 2.45) is 27.6 Å². The Labute approximate surface area is 260 Å². The van der Waals surface area contributed by atoms with E-state index in [1.807, 2.05) is 32.0 Å². The number of carbonyl (C=O) groups is 1. The zero-order valence-electron chi connectivity index (χ0n) is 27.2. The van der Waals surface area contributed by atoms with Gasteiger partial charge in [-0.3, -0.25) is 4.79 Å². The number of nitrogens with one attached hydrogen (secondary N) is 1. The number of phenols is 2. The van der Waals surface area contributed by atoms with Gasteiger partial charge in [-0.1, -0.05) is 51.5 Å². The number of ether oxygens (including phenoxy) is 1. The molecular weight excluding hydrogens is 550 g/mol. The second-order valence-electron chi connectivity index (χ2n) is 15.9. The minimum atomic E-state index is -0.703. The molecule has 7 rings (SSSR count). The van der Waals surface area contributed by atoms with Gasteiger partial charge >= 0.3 is 5.97 Å². The Balaban J connectivity index is 1.47. The lowest BCUT2D eigenvalue weighted by molar-refractivity contribution is -0.177. The molecular formula is C38H47NO5. The summed E-state index contributed by atoms with van der Waals surface area (Å²) in [6.45, 7) is 13.6. The van der Waals surface area contributed by atoms with E-state index in [2.05, 4.69) is 51.0 Å².